The standard InChI is InChI=1S/C13H24N4O3/c1-10(2)17-9-8-16(12(19)13(17)20)7-5-3-4-6-11(18)15-14/h10H,3-9,14H2,1-2H3,(H,15,18). The summed E-state index contributed by atoms with van der Waals surface area (Å²) in [6.07, 6.45) is 2.75. The van der Waals surface area contributed by atoms with Crippen molar-refractivity contribution in [2.75, 3.05) is 19.6 Å². The Kier molecular flexibility index (Phi) is 6.44. The Labute approximate surface area is 119 Å². The summed E-state index contributed by atoms with van der Waals surface area (Å²) < 4.78 is 0. The summed E-state index contributed by atoms with van der Waals surface area (Å²) in [7, 11) is 0. The number of hydrogen-bond acceptors (Lipinski definition) is 4. The molecule has 1 aliphatic heterocycles. The van der Waals surface area contributed by atoms with Gasteiger partial charge < -0.3 is 9.80 Å². The summed E-state index contributed by atoms with van der Waals surface area (Å²) in [5.41, 5.74) is 2.08. The van der Waals surface area contributed by atoms with Crippen LogP contribution in [0.25, 0.3) is 0 Å². The van der Waals surface area contributed by atoms with Gasteiger partial charge in [0.05, 0.1) is 0 Å². The summed E-state index contributed by atoms with van der Waals surface area (Å²) in [5, 5.41) is 0. The molecule has 3 N–H and O–H groups in total. The van der Waals surface area contributed by atoms with Gasteiger partial charge in [-0.2, -0.15) is 0 Å². The maximum atomic E-state index is 11.9. The summed E-state index contributed by atoms with van der Waals surface area (Å²) in [4.78, 5) is 37.9. The molecule has 3 amide bonds. The first-order valence-corrected chi connectivity index (χ1v) is 7.06. The second-order valence-corrected chi connectivity index (χ2v) is 5.26. The van der Waals surface area contributed by atoms with E-state index in [1.807, 2.05) is 13.8 Å². The zero-order valence-corrected chi connectivity index (χ0v) is 12.2. The van der Waals surface area contributed by atoms with Crippen LogP contribution in [0.5, 0.6) is 0 Å². The van der Waals surface area contributed by atoms with Gasteiger partial charge in [-0.1, -0.05) is 6.42 Å². The van der Waals surface area contributed by atoms with Gasteiger partial charge in [-0.25, -0.2) is 5.84 Å². The van der Waals surface area contributed by atoms with E-state index in [4.69, 9.17) is 5.84 Å². The van der Waals surface area contributed by atoms with Crippen LogP contribution in [0.1, 0.15) is 39.5 Å². The lowest BCUT2D eigenvalue weighted by Gasteiger charge is -2.36. The third-order valence-electron chi connectivity index (χ3n) is 3.46. The van der Waals surface area contributed by atoms with Crippen LogP contribution in [0, 0.1) is 0 Å². The van der Waals surface area contributed by atoms with Gasteiger partial charge in [0.15, 0.2) is 0 Å². The van der Waals surface area contributed by atoms with Gasteiger partial charge in [0.1, 0.15) is 0 Å². The Hall–Kier alpha value is -1.63. The van der Waals surface area contributed by atoms with Crippen LogP contribution >= 0.6 is 0 Å². The van der Waals surface area contributed by atoms with Crippen molar-refractivity contribution in [3.8, 4) is 0 Å². The Morgan fingerprint density at radius 1 is 1.20 bits per heavy atom. The van der Waals surface area contributed by atoms with Gasteiger partial charge in [0.25, 0.3) is 0 Å². The predicted molar refractivity (Wildman–Crippen MR) is 74.2 cm³/mol. The number of nitrogens with zero attached hydrogens (tertiary/aromatic N) is 2. The fourth-order valence-electron chi connectivity index (χ4n) is 2.23. The van der Waals surface area contributed by atoms with E-state index in [0.717, 1.165) is 19.3 Å². The van der Waals surface area contributed by atoms with Gasteiger partial charge in [0, 0.05) is 32.1 Å². The second kappa shape index (κ2) is 7.84. The molecule has 0 saturated carbocycles. The van der Waals surface area contributed by atoms with Crippen molar-refractivity contribution in [3.05, 3.63) is 0 Å². The third-order valence-corrected chi connectivity index (χ3v) is 3.46. The SMILES string of the molecule is CC(C)N1CCN(CCCCCC(=O)NN)C(=O)C1=O. The van der Waals surface area contributed by atoms with Gasteiger partial charge in [0.2, 0.25) is 5.91 Å². The van der Waals surface area contributed by atoms with Crippen LogP contribution < -0.4 is 11.3 Å². The van der Waals surface area contributed by atoms with E-state index in [9.17, 15) is 14.4 Å². The fraction of sp³-hybridized carbons (Fsp3) is 0.769. The quantitative estimate of drug-likeness (QED) is 0.219. The molecule has 0 unspecified atom stereocenters. The molecule has 0 aromatic rings. The molecule has 0 aromatic carbocycles. The predicted octanol–water partition coefficient (Wildman–Crippen LogP) is -0.384. The first kappa shape index (κ1) is 16.4. The molecule has 7 nitrogen and oxygen atoms in total. The second-order valence-electron chi connectivity index (χ2n) is 5.26. The summed E-state index contributed by atoms with van der Waals surface area (Å²) >= 11 is 0. The van der Waals surface area contributed by atoms with E-state index in [1.165, 1.54) is 0 Å². The number of nitrogens with one attached hydrogen (secondary N) is 1. The van der Waals surface area contributed by atoms with Crippen molar-refractivity contribution in [3.63, 3.8) is 0 Å². The van der Waals surface area contributed by atoms with E-state index in [-0.39, 0.29) is 11.9 Å². The van der Waals surface area contributed by atoms with Gasteiger partial charge in [-0.15, -0.1) is 0 Å². The van der Waals surface area contributed by atoms with Crippen LogP contribution in [0.15, 0.2) is 0 Å². The number of amides is 3. The highest BCUT2D eigenvalue weighted by molar-refractivity contribution is 6.35. The zero-order chi connectivity index (χ0) is 15.1. The van der Waals surface area contributed by atoms with Gasteiger partial charge >= 0.3 is 11.8 Å². The van der Waals surface area contributed by atoms with Crippen molar-refractivity contribution in [1.29, 1.82) is 0 Å². The van der Waals surface area contributed by atoms with Crippen LogP contribution in [0.2, 0.25) is 0 Å². The fourth-order valence-corrected chi connectivity index (χ4v) is 2.23. The minimum atomic E-state index is -0.412. The number of carbonyl (C=O) groups is 3. The molecule has 1 heterocycles. The van der Waals surface area contributed by atoms with E-state index < -0.39 is 11.8 Å². The van der Waals surface area contributed by atoms with Crippen molar-refractivity contribution in [2.45, 2.75) is 45.6 Å². The molecule has 7 heteroatoms. The van der Waals surface area contributed by atoms with Crippen molar-refractivity contribution in [1.82, 2.24) is 15.2 Å². The van der Waals surface area contributed by atoms with E-state index in [0.29, 0.717) is 26.1 Å². The van der Waals surface area contributed by atoms with Crippen LogP contribution in [0.3, 0.4) is 0 Å². The molecule has 1 saturated heterocycles. The van der Waals surface area contributed by atoms with Crippen LogP contribution in [-0.4, -0.2) is 53.2 Å². The number of unbranched alkanes of at least 4 members (excludes halogenated alkanes) is 2. The summed E-state index contributed by atoms with van der Waals surface area (Å²) in [6, 6.07) is 0.0587. The molecule has 20 heavy (non-hydrogen) atoms. The van der Waals surface area contributed by atoms with Gasteiger partial charge in [-0.3, -0.25) is 19.8 Å². The lowest BCUT2D eigenvalue weighted by atomic mass is 10.1. The normalized spacial score (nSPS) is 16.0. The first-order valence-electron chi connectivity index (χ1n) is 7.06. The molecule has 0 aromatic heterocycles. The molecule has 0 atom stereocenters. The molecular weight excluding hydrogens is 260 g/mol. The number of rotatable bonds is 7. The smallest absolute Gasteiger partial charge is 0.312 e. The highest BCUT2D eigenvalue weighted by Crippen LogP contribution is 2.10. The largest absolute Gasteiger partial charge is 0.333 e. The minimum absolute atomic E-state index is 0.0587. The number of hydrazine groups is 1. The topological polar surface area (TPSA) is 95.7 Å². The lowest BCUT2D eigenvalue weighted by molar-refractivity contribution is -0.157. The average Bonchev–Trinajstić information content (AvgIpc) is 2.42. The number of nitrogens with two attached hydrogens (primary N) is 1. The molecule has 0 bridgehead atoms. The molecule has 1 fully saturated rings. The molecule has 0 aliphatic carbocycles. The zero-order valence-electron chi connectivity index (χ0n) is 12.2. The molecule has 0 spiro atoms. The van der Waals surface area contributed by atoms with E-state index in [1.54, 1.807) is 9.80 Å². The highest BCUT2D eigenvalue weighted by atomic mass is 16.2. The maximum absolute atomic E-state index is 11.9. The number of piperazine rings is 1. The van der Waals surface area contributed by atoms with Crippen LogP contribution in [-0.2, 0) is 14.4 Å². The van der Waals surface area contributed by atoms with Crippen LogP contribution in [0.4, 0.5) is 0 Å². The third kappa shape index (κ3) is 4.48. The van der Waals surface area contributed by atoms with Gasteiger partial charge in [-0.05, 0) is 26.7 Å². The number of hydrogen-bond donors (Lipinski definition) is 2. The summed E-state index contributed by atoms with van der Waals surface area (Å²) in [6.45, 7) is 5.57. The lowest BCUT2D eigenvalue weighted by Crippen LogP contribution is -2.56. The molecule has 0 radical (unpaired) electrons. The molecule has 1 aliphatic rings. The maximum Gasteiger partial charge on any atom is 0.312 e. The van der Waals surface area contributed by atoms with Crippen molar-refractivity contribution >= 4 is 17.7 Å². The Morgan fingerprint density at radius 2 is 1.90 bits per heavy atom. The molecule has 1 rings (SSSR count). The van der Waals surface area contributed by atoms with E-state index in [2.05, 4.69) is 5.43 Å². The highest BCUT2D eigenvalue weighted by Gasteiger charge is 2.33. The molecular formula is C13H24N4O3. The Morgan fingerprint density at radius 3 is 2.50 bits per heavy atom. The Balaban J connectivity index is 2.27. The monoisotopic (exact) mass is 284 g/mol. The average molecular weight is 284 g/mol. The molecule has 114 valence electrons. The van der Waals surface area contributed by atoms with Crippen molar-refractivity contribution < 1.29 is 14.4 Å². The number of carbonyl (C=O) groups excluding carboxylic acids is 3. The minimum Gasteiger partial charge on any atom is -0.333 e. The van der Waals surface area contributed by atoms with Crippen molar-refractivity contribution in [2.24, 2.45) is 5.84 Å². The van der Waals surface area contributed by atoms with E-state index >= 15 is 0 Å². The summed E-state index contributed by atoms with van der Waals surface area (Å²) in [5.74, 6) is 3.98. The first-order chi connectivity index (χ1) is 9.47. The Bertz CT molecular complexity index is 371.